The minimum atomic E-state index is -1.31. The van der Waals surface area contributed by atoms with Crippen molar-refractivity contribution in [1.82, 2.24) is 19.5 Å². The van der Waals surface area contributed by atoms with Crippen molar-refractivity contribution in [2.75, 3.05) is 11.9 Å². The summed E-state index contributed by atoms with van der Waals surface area (Å²) >= 11 is 0. The first-order valence-corrected chi connectivity index (χ1v) is 8.26. The number of fused-ring (bicyclic) bond motifs is 1. The summed E-state index contributed by atoms with van der Waals surface area (Å²) in [6.07, 6.45) is -1.77. The molecule has 1 fully saturated rings. The van der Waals surface area contributed by atoms with E-state index in [9.17, 15) is 15.3 Å². The van der Waals surface area contributed by atoms with Crippen LogP contribution in [0.5, 0.6) is 0 Å². The number of ether oxygens (including phenoxy) is 1. The number of benzene rings is 1. The number of nitrogens with one attached hydrogen (secondary N) is 1. The quantitative estimate of drug-likeness (QED) is 0.516. The highest BCUT2D eigenvalue weighted by Gasteiger charge is 2.39. The summed E-state index contributed by atoms with van der Waals surface area (Å²) in [5, 5.41) is 33.1. The van der Waals surface area contributed by atoms with Crippen LogP contribution >= 0.6 is 0 Å². The van der Waals surface area contributed by atoms with Gasteiger partial charge in [-0.25, -0.2) is 15.0 Å². The van der Waals surface area contributed by atoms with Gasteiger partial charge in [0.2, 0.25) is 0 Å². The van der Waals surface area contributed by atoms with Crippen molar-refractivity contribution in [1.29, 1.82) is 0 Å². The largest absolute Gasteiger partial charge is 0.388 e. The second-order valence-corrected chi connectivity index (χ2v) is 6.16. The van der Waals surface area contributed by atoms with Gasteiger partial charge >= 0.3 is 0 Å². The molecule has 1 aliphatic rings. The van der Waals surface area contributed by atoms with Gasteiger partial charge < -0.3 is 25.4 Å². The van der Waals surface area contributed by atoms with E-state index in [1.165, 1.54) is 12.7 Å². The molecule has 0 bridgehead atoms. The molecular formula is C17H19N5O4. The highest BCUT2D eigenvalue weighted by atomic mass is 16.5. The van der Waals surface area contributed by atoms with E-state index in [1.54, 1.807) is 4.57 Å². The average molecular weight is 357 g/mol. The standard InChI is InChI=1S/C17H19N5O4/c23-11-7-26-17(14(25)13(11)24)22-9-21-16-12(22)15(19-8-20-16)18-6-10-4-2-1-3-5-10/h1-5,8-9,11,13-14,17,23-25H,6-7H2,(H,18,19,20). The second kappa shape index (κ2) is 6.96. The summed E-state index contributed by atoms with van der Waals surface area (Å²) in [6, 6.07) is 9.84. The molecule has 0 spiro atoms. The zero-order valence-corrected chi connectivity index (χ0v) is 13.8. The molecule has 1 saturated heterocycles. The zero-order valence-electron chi connectivity index (χ0n) is 13.8. The molecule has 0 saturated carbocycles. The Morgan fingerprint density at radius 2 is 1.88 bits per heavy atom. The third kappa shape index (κ3) is 3.01. The number of rotatable bonds is 4. The van der Waals surface area contributed by atoms with Crippen LogP contribution in [0.1, 0.15) is 11.8 Å². The fourth-order valence-corrected chi connectivity index (χ4v) is 3.02. The van der Waals surface area contributed by atoms with Gasteiger partial charge in [0, 0.05) is 6.54 Å². The van der Waals surface area contributed by atoms with Crippen molar-refractivity contribution in [3.05, 3.63) is 48.5 Å². The first-order valence-electron chi connectivity index (χ1n) is 8.26. The fraction of sp³-hybridized carbons (Fsp3) is 0.353. The second-order valence-electron chi connectivity index (χ2n) is 6.16. The third-order valence-corrected chi connectivity index (χ3v) is 4.42. The summed E-state index contributed by atoms with van der Waals surface area (Å²) in [4.78, 5) is 12.6. The fourth-order valence-electron chi connectivity index (χ4n) is 3.02. The maximum Gasteiger partial charge on any atom is 0.183 e. The van der Waals surface area contributed by atoms with Gasteiger partial charge in [0.05, 0.1) is 6.61 Å². The Labute approximate surface area is 148 Å². The Kier molecular flexibility index (Phi) is 4.51. The first-order chi connectivity index (χ1) is 12.6. The SMILES string of the molecule is OC1COC(n2cnc3ncnc(NCc4ccccc4)c32)C(O)C1O. The number of aliphatic hydroxyl groups is 3. The van der Waals surface area contributed by atoms with Crippen LogP contribution in [0.25, 0.3) is 11.2 Å². The maximum absolute atomic E-state index is 10.3. The molecule has 1 aromatic carbocycles. The Bertz CT molecular complexity index is 887. The molecule has 0 radical (unpaired) electrons. The van der Waals surface area contributed by atoms with Crippen LogP contribution in [0.4, 0.5) is 5.82 Å². The zero-order chi connectivity index (χ0) is 18.1. The molecule has 4 atom stereocenters. The van der Waals surface area contributed by atoms with Crippen molar-refractivity contribution >= 4 is 17.0 Å². The molecule has 4 unspecified atom stereocenters. The maximum atomic E-state index is 10.3. The number of hydrogen-bond acceptors (Lipinski definition) is 8. The number of aromatic nitrogens is 4. The number of anilines is 1. The summed E-state index contributed by atoms with van der Waals surface area (Å²) in [5.41, 5.74) is 2.07. The van der Waals surface area contributed by atoms with Crippen LogP contribution in [-0.4, -0.2) is 59.8 Å². The number of imidazole rings is 1. The number of aliphatic hydroxyl groups excluding tert-OH is 3. The summed E-state index contributed by atoms with van der Waals surface area (Å²) in [5.74, 6) is 0.535. The smallest absolute Gasteiger partial charge is 0.183 e. The number of hydrogen-bond donors (Lipinski definition) is 4. The third-order valence-electron chi connectivity index (χ3n) is 4.42. The Hall–Kier alpha value is -2.59. The van der Waals surface area contributed by atoms with Crippen molar-refractivity contribution in [2.24, 2.45) is 0 Å². The lowest BCUT2D eigenvalue weighted by Crippen LogP contribution is -2.50. The molecule has 136 valence electrons. The molecule has 3 aromatic rings. The number of nitrogens with zero attached hydrogens (tertiary/aromatic N) is 4. The van der Waals surface area contributed by atoms with Crippen molar-refractivity contribution in [3.63, 3.8) is 0 Å². The first kappa shape index (κ1) is 16.9. The normalized spacial score (nSPS) is 26.1. The van der Waals surface area contributed by atoms with E-state index >= 15 is 0 Å². The lowest BCUT2D eigenvalue weighted by atomic mass is 10.0. The summed E-state index contributed by atoms with van der Waals surface area (Å²) in [6.45, 7) is 0.455. The molecular weight excluding hydrogens is 338 g/mol. The van der Waals surface area contributed by atoms with Gasteiger partial charge in [-0.1, -0.05) is 30.3 Å². The summed E-state index contributed by atoms with van der Waals surface area (Å²) in [7, 11) is 0. The van der Waals surface area contributed by atoms with Crippen LogP contribution in [0.2, 0.25) is 0 Å². The molecule has 9 heteroatoms. The molecule has 0 aliphatic carbocycles. The Morgan fingerprint density at radius 1 is 1.08 bits per heavy atom. The van der Waals surface area contributed by atoms with Gasteiger partial charge in [0.1, 0.15) is 36.5 Å². The van der Waals surface area contributed by atoms with Crippen molar-refractivity contribution in [3.8, 4) is 0 Å². The van der Waals surface area contributed by atoms with Crippen LogP contribution in [0.15, 0.2) is 43.0 Å². The highest BCUT2D eigenvalue weighted by molar-refractivity contribution is 5.83. The van der Waals surface area contributed by atoms with E-state index in [0.29, 0.717) is 23.5 Å². The van der Waals surface area contributed by atoms with Gasteiger partial charge in [-0.3, -0.25) is 4.57 Å². The molecule has 3 heterocycles. The molecule has 1 aliphatic heterocycles. The van der Waals surface area contributed by atoms with Crippen LogP contribution in [-0.2, 0) is 11.3 Å². The lowest BCUT2D eigenvalue weighted by Gasteiger charge is -2.35. The van der Waals surface area contributed by atoms with Crippen LogP contribution < -0.4 is 5.32 Å². The van der Waals surface area contributed by atoms with E-state index in [-0.39, 0.29) is 6.61 Å². The van der Waals surface area contributed by atoms with Gasteiger partial charge in [-0.05, 0) is 5.56 Å². The minimum absolute atomic E-state index is 0.0942. The molecule has 9 nitrogen and oxygen atoms in total. The van der Waals surface area contributed by atoms with E-state index < -0.39 is 24.5 Å². The molecule has 0 amide bonds. The van der Waals surface area contributed by atoms with E-state index in [4.69, 9.17) is 4.74 Å². The van der Waals surface area contributed by atoms with Crippen molar-refractivity contribution in [2.45, 2.75) is 31.1 Å². The summed E-state index contributed by atoms with van der Waals surface area (Å²) < 4.78 is 7.09. The average Bonchev–Trinajstić information content (AvgIpc) is 3.10. The Morgan fingerprint density at radius 3 is 2.69 bits per heavy atom. The highest BCUT2D eigenvalue weighted by Crippen LogP contribution is 2.29. The van der Waals surface area contributed by atoms with Crippen LogP contribution in [0.3, 0.4) is 0 Å². The van der Waals surface area contributed by atoms with Gasteiger partial charge in [0.15, 0.2) is 17.7 Å². The Balaban J connectivity index is 1.66. The van der Waals surface area contributed by atoms with Crippen LogP contribution in [0, 0.1) is 0 Å². The molecule has 2 aromatic heterocycles. The predicted molar refractivity (Wildman–Crippen MR) is 92.1 cm³/mol. The van der Waals surface area contributed by atoms with Gasteiger partial charge in [-0.2, -0.15) is 0 Å². The van der Waals surface area contributed by atoms with E-state index in [2.05, 4.69) is 20.3 Å². The molecule has 4 rings (SSSR count). The lowest BCUT2D eigenvalue weighted by molar-refractivity contribution is -0.209. The van der Waals surface area contributed by atoms with Gasteiger partial charge in [0.25, 0.3) is 0 Å². The van der Waals surface area contributed by atoms with E-state index in [1.807, 2.05) is 30.3 Å². The van der Waals surface area contributed by atoms with Gasteiger partial charge in [-0.15, -0.1) is 0 Å². The molecule has 26 heavy (non-hydrogen) atoms. The minimum Gasteiger partial charge on any atom is -0.388 e. The predicted octanol–water partition coefficient (Wildman–Crippen LogP) is 0.0499. The van der Waals surface area contributed by atoms with E-state index in [0.717, 1.165) is 5.56 Å². The van der Waals surface area contributed by atoms with Crippen molar-refractivity contribution < 1.29 is 20.1 Å². The monoisotopic (exact) mass is 357 g/mol. The molecule has 4 N–H and O–H groups in total. The topological polar surface area (TPSA) is 126 Å².